The van der Waals surface area contributed by atoms with E-state index in [1.54, 1.807) is 11.3 Å². The van der Waals surface area contributed by atoms with Gasteiger partial charge in [0.15, 0.2) is 0 Å². The maximum absolute atomic E-state index is 9.43. The van der Waals surface area contributed by atoms with Crippen molar-refractivity contribution in [1.82, 2.24) is 14.8 Å². The Labute approximate surface area is 142 Å². The molecular formula is C18H25N3OS. The summed E-state index contributed by atoms with van der Waals surface area (Å²) in [6.07, 6.45) is 0.825. The fourth-order valence-corrected chi connectivity index (χ4v) is 3.93. The molecule has 0 bridgehead atoms. The Balaban J connectivity index is 1.62. The first-order valence-corrected chi connectivity index (χ1v) is 9.20. The third-order valence-electron chi connectivity index (χ3n) is 4.45. The minimum Gasteiger partial charge on any atom is -0.396 e. The van der Waals surface area contributed by atoms with E-state index in [1.165, 1.54) is 5.56 Å². The van der Waals surface area contributed by atoms with Crippen molar-refractivity contribution in [1.29, 1.82) is 0 Å². The number of pyridine rings is 1. The van der Waals surface area contributed by atoms with E-state index in [0.29, 0.717) is 6.04 Å². The minimum absolute atomic E-state index is 0.245. The fraction of sp³-hybridized carbons (Fsp3) is 0.500. The molecule has 4 nitrogen and oxygen atoms in total. The summed E-state index contributed by atoms with van der Waals surface area (Å²) in [6, 6.07) is 8.81. The lowest BCUT2D eigenvalue weighted by Crippen LogP contribution is -2.52. The topological polar surface area (TPSA) is 39.6 Å². The highest BCUT2D eigenvalue weighted by molar-refractivity contribution is 7.07. The molecular weight excluding hydrogens is 306 g/mol. The van der Waals surface area contributed by atoms with Crippen molar-refractivity contribution in [2.24, 2.45) is 0 Å². The van der Waals surface area contributed by atoms with Crippen LogP contribution in [0.25, 0.3) is 0 Å². The fourth-order valence-electron chi connectivity index (χ4n) is 3.27. The average molecular weight is 331 g/mol. The van der Waals surface area contributed by atoms with Gasteiger partial charge >= 0.3 is 0 Å². The molecule has 1 aliphatic heterocycles. The number of thiophene rings is 1. The molecule has 3 rings (SSSR count). The van der Waals surface area contributed by atoms with Crippen molar-refractivity contribution in [3.8, 4) is 0 Å². The highest BCUT2D eigenvalue weighted by atomic mass is 32.1. The lowest BCUT2D eigenvalue weighted by molar-refractivity contribution is 0.0492. The van der Waals surface area contributed by atoms with Crippen molar-refractivity contribution in [3.63, 3.8) is 0 Å². The first kappa shape index (κ1) is 16.6. The number of aromatic nitrogens is 1. The van der Waals surface area contributed by atoms with Gasteiger partial charge in [0.2, 0.25) is 0 Å². The highest BCUT2D eigenvalue weighted by Crippen LogP contribution is 2.18. The summed E-state index contributed by atoms with van der Waals surface area (Å²) in [7, 11) is 0. The second kappa shape index (κ2) is 8.02. The summed E-state index contributed by atoms with van der Waals surface area (Å²) < 4.78 is 0. The van der Waals surface area contributed by atoms with E-state index in [9.17, 15) is 5.11 Å². The monoisotopic (exact) mass is 331 g/mol. The van der Waals surface area contributed by atoms with Gasteiger partial charge in [-0.2, -0.15) is 11.3 Å². The molecule has 124 valence electrons. The number of hydrogen-bond donors (Lipinski definition) is 1. The van der Waals surface area contributed by atoms with Crippen molar-refractivity contribution in [3.05, 3.63) is 52.0 Å². The number of rotatable bonds is 6. The predicted octanol–water partition coefficient (Wildman–Crippen LogP) is 2.52. The van der Waals surface area contributed by atoms with Crippen LogP contribution in [0.1, 0.15) is 23.4 Å². The SMILES string of the molecule is Cc1cccc(CN2CCN(Cc3ccsc3)C[C@@H]2CCO)n1. The zero-order valence-electron chi connectivity index (χ0n) is 13.7. The Morgan fingerprint density at radius 2 is 2.17 bits per heavy atom. The van der Waals surface area contributed by atoms with Crippen molar-refractivity contribution < 1.29 is 5.11 Å². The molecule has 0 aromatic carbocycles. The molecule has 0 radical (unpaired) electrons. The molecule has 2 aromatic heterocycles. The molecule has 1 fully saturated rings. The minimum atomic E-state index is 0.245. The van der Waals surface area contributed by atoms with Gasteiger partial charge in [0.05, 0.1) is 5.69 Å². The van der Waals surface area contributed by atoms with Crippen LogP contribution in [0, 0.1) is 6.92 Å². The molecule has 1 N–H and O–H groups in total. The molecule has 0 unspecified atom stereocenters. The van der Waals surface area contributed by atoms with Crippen LogP contribution >= 0.6 is 11.3 Å². The van der Waals surface area contributed by atoms with Crippen LogP contribution in [-0.4, -0.2) is 52.2 Å². The predicted molar refractivity (Wildman–Crippen MR) is 94.5 cm³/mol. The van der Waals surface area contributed by atoms with E-state index in [0.717, 1.165) is 50.5 Å². The van der Waals surface area contributed by atoms with E-state index >= 15 is 0 Å². The number of aryl methyl sites for hydroxylation is 1. The number of hydrogen-bond acceptors (Lipinski definition) is 5. The molecule has 0 amide bonds. The molecule has 5 heteroatoms. The van der Waals surface area contributed by atoms with Gasteiger partial charge in [-0.05, 0) is 47.9 Å². The largest absolute Gasteiger partial charge is 0.396 e. The summed E-state index contributed by atoms with van der Waals surface area (Å²) in [5.74, 6) is 0. The summed E-state index contributed by atoms with van der Waals surface area (Å²) in [5, 5.41) is 13.8. The molecule has 0 saturated carbocycles. The van der Waals surface area contributed by atoms with Gasteiger partial charge in [-0.15, -0.1) is 0 Å². The summed E-state index contributed by atoms with van der Waals surface area (Å²) in [6.45, 7) is 7.29. The van der Waals surface area contributed by atoms with Gasteiger partial charge in [0.1, 0.15) is 0 Å². The first-order chi connectivity index (χ1) is 11.2. The van der Waals surface area contributed by atoms with E-state index < -0.39 is 0 Å². The Morgan fingerprint density at radius 3 is 2.91 bits per heavy atom. The second-order valence-corrected chi connectivity index (χ2v) is 7.05. The molecule has 1 aliphatic rings. The summed E-state index contributed by atoms with van der Waals surface area (Å²) in [5.41, 5.74) is 3.59. The second-order valence-electron chi connectivity index (χ2n) is 6.27. The molecule has 0 aliphatic carbocycles. The van der Waals surface area contributed by atoms with Crippen LogP contribution in [0.15, 0.2) is 35.0 Å². The Kier molecular flexibility index (Phi) is 5.78. The van der Waals surface area contributed by atoms with Crippen LogP contribution in [0.2, 0.25) is 0 Å². The summed E-state index contributed by atoms with van der Waals surface area (Å²) in [4.78, 5) is 9.60. The molecule has 0 spiro atoms. The smallest absolute Gasteiger partial charge is 0.0547 e. The molecule has 1 atom stereocenters. The maximum atomic E-state index is 9.43. The van der Waals surface area contributed by atoms with Crippen LogP contribution < -0.4 is 0 Å². The van der Waals surface area contributed by atoms with Gasteiger partial charge in [-0.3, -0.25) is 14.8 Å². The van der Waals surface area contributed by atoms with E-state index in [1.807, 2.05) is 13.0 Å². The molecule has 23 heavy (non-hydrogen) atoms. The first-order valence-electron chi connectivity index (χ1n) is 8.25. The quantitative estimate of drug-likeness (QED) is 0.883. The van der Waals surface area contributed by atoms with E-state index in [2.05, 4.69) is 43.7 Å². The van der Waals surface area contributed by atoms with Crippen molar-refractivity contribution in [2.75, 3.05) is 26.2 Å². The molecule has 3 heterocycles. The van der Waals surface area contributed by atoms with Gasteiger partial charge in [-0.25, -0.2) is 0 Å². The molecule has 2 aromatic rings. The van der Waals surface area contributed by atoms with Crippen LogP contribution in [0.4, 0.5) is 0 Å². The van der Waals surface area contributed by atoms with Crippen LogP contribution in [0.5, 0.6) is 0 Å². The van der Waals surface area contributed by atoms with Crippen molar-refractivity contribution >= 4 is 11.3 Å². The Morgan fingerprint density at radius 1 is 1.26 bits per heavy atom. The van der Waals surface area contributed by atoms with Gasteiger partial charge in [0, 0.05) is 51.1 Å². The highest BCUT2D eigenvalue weighted by Gasteiger charge is 2.26. The van der Waals surface area contributed by atoms with Crippen LogP contribution in [-0.2, 0) is 13.1 Å². The van der Waals surface area contributed by atoms with E-state index in [-0.39, 0.29) is 6.61 Å². The number of piperazine rings is 1. The third kappa shape index (κ3) is 4.61. The third-order valence-corrected chi connectivity index (χ3v) is 5.18. The Bertz CT molecular complexity index is 602. The normalized spacial score (nSPS) is 20.0. The molecule has 1 saturated heterocycles. The standard InChI is InChI=1S/C18H25N3OS/c1-15-3-2-4-17(19-15)12-21-8-7-20(13-18(21)5-9-22)11-16-6-10-23-14-16/h2-4,6,10,14,18,22H,5,7-9,11-13H2,1H3/t18-/m0/s1. The number of aliphatic hydroxyl groups excluding tert-OH is 1. The van der Waals surface area contributed by atoms with Crippen molar-refractivity contribution in [2.45, 2.75) is 32.5 Å². The zero-order chi connectivity index (χ0) is 16.1. The maximum Gasteiger partial charge on any atom is 0.0547 e. The average Bonchev–Trinajstić information content (AvgIpc) is 3.03. The van der Waals surface area contributed by atoms with E-state index in [4.69, 9.17) is 0 Å². The number of nitrogens with zero attached hydrogens (tertiary/aromatic N) is 3. The lowest BCUT2D eigenvalue weighted by atomic mass is 10.1. The Hall–Kier alpha value is -1.27. The van der Waals surface area contributed by atoms with Gasteiger partial charge < -0.3 is 5.11 Å². The lowest BCUT2D eigenvalue weighted by Gasteiger charge is -2.41. The van der Waals surface area contributed by atoms with Crippen LogP contribution in [0.3, 0.4) is 0 Å². The summed E-state index contributed by atoms with van der Waals surface area (Å²) >= 11 is 1.76. The number of aliphatic hydroxyl groups is 1. The van der Waals surface area contributed by atoms with Gasteiger partial charge in [0.25, 0.3) is 0 Å². The van der Waals surface area contributed by atoms with Gasteiger partial charge in [-0.1, -0.05) is 6.07 Å². The zero-order valence-corrected chi connectivity index (χ0v) is 14.5.